The topological polar surface area (TPSA) is 49.3 Å². The smallest absolute Gasteiger partial charge is 0.220 e. The molecule has 1 aromatic carbocycles. The second kappa shape index (κ2) is 8.70. The summed E-state index contributed by atoms with van der Waals surface area (Å²) >= 11 is 0. The predicted octanol–water partition coefficient (Wildman–Crippen LogP) is 2.46. The van der Waals surface area contributed by atoms with Gasteiger partial charge in [0.25, 0.3) is 0 Å². The Morgan fingerprint density at radius 3 is 2.47 bits per heavy atom. The molecule has 0 saturated heterocycles. The fraction of sp³-hybridized carbons (Fsp3) is 0.562. The third kappa shape index (κ3) is 6.39. The van der Waals surface area contributed by atoms with Crippen LogP contribution in [0, 0.1) is 0 Å². The number of aryl methyl sites for hydroxylation is 2. The van der Waals surface area contributed by atoms with Gasteiger partial charge < -0.3 is 10.4 Å². The molecule has 0 spiro atoms. The molecule has 0 aliphatic carbocycles. The lowest BCUT2D eigenvalue weighted by Gasteiger charge is -2.13. The minimum atomic E-state index is 0.0880. The van der Waals surface area contributed by atoms with Gasteiger partial charge in [-0.25, -0.2) is 0 Å². The van der Waals surface area contributed by atoms with Crippen LogP contribution in [0.1, 0.15) is 44.2 Å². The second-order valence-corrected chi connectivity index (χ2v) is 5.00. The van der Waals surface area contributed by atoms with Gasteiger partial charge in [0.05, 0.1) is 0 Å². The molecular weight excluding hydrogens is 238 g/mol. The second-order valence-electron chi connectivity index (χ2n) is 5.00. The number of nitrogens with one attached hydrogen (secondary N) is 1. The number of benzene rings is 1. The van der Waals surface area contributed by atoms with Gasteiger partial charge >= 0.3 is 0 Å². The predicted molar refractivity (Wildman–Crippen MR) is 78.1 cm³/mol. The molecule has 2 N–H and O–H groups in total. The highest BCUT2D eigenvalue weighted by molar-refractivity contribution is 5.76. The molecule has 1 amide bonds. The summed E-state index contributed by atoms with van der Waals surface area (Å²) in [6.45, 7) is 4.30. The number of amides is 1. The van der Waals surface area contributed by atoms with Crippen molar-refractivity contribution in [2.45, 2.75) is 52.0 Å². The summed E-state index contributed by atoms with van der Waals surface area (Å²) in [7, 11) is 0. The third-order valence-electron chi connectivity index (χ3n) is 3.27. The number of hydrogen-bond acceptors (Lipinski definition) is 2. The van der Waals surface area contributed by atoms with Crippen molar-refractivity contribution < 1.29 is 9.90 Å². The van der Waals surface area contributed by atoms with E-state index < -0.39 is 0 Å². The normalized spacial score (nSPS) is 12.2. The fourth-order valence-electron chi connectivity index (χ4n) is 2.02. The first-order chi connectivity index (χ1) is 9.15. The van der Waals surface area contributed by atoms with E-state index in [0.717, 1.165) is 25.7 Å². The molecule has 0 fully saturated rings. The van der Waals surface area contributed by atoms with Gasteiger partial charge in [0.1, 0.15) is 0 Å². The summed E-state index contributed by atoms with van der Waals surface area (Å²) in [5.41, 5.74) is 2.53. The Morgan fingerprint density at radius 1 is 1.26 bits per heavy atom. The standard InChI is InChI=1S/C16H25NO2/c1-3-14-6-8-15(9-7-14)10-11-16(19)17-13(2)5-4-12-18/h6-9,13,18H,3-5,10-12H2,1-2H3,(H,17,19). The van der Waals surface area contributed by atoms with E-state index in [4.69, 9.17) is 5.11 Å². The molecule has 0 radical (unpaired) electrons. The first-order valence-electron chi connectivity index (χ1n) is 7.13. The average Bonchev–Trinajstić information content (AvgIpc) is 2.43. The zero-order chi connectivity index (χ0) is 14.1. The Kier molecular flexibility index (Phi) is 7.19. The van der Waals surface area contributed by atoms with Gasteiger partial charge in [-0.1, -0.05) is 31.2 Å². The molecule has 19 heavy (non-hydrogen) atoms. The molecule has 0 aromatic heterocycles. The molecule has 3 heteroatoms. The lowest BCUT2D eigenvalue weighted by atomic mass is 10.1. The van der Waals surface area contributed by atoms with Gasteiger partial charge in [0, 0.05) is 19.1 Å². The van der Waals surface area contributed by atoms with E-state index in [1.165, 1.54) is 11.1 Å². The molecule has 3 nitrogen and oxygen atoms in total. The minimum absolute atomic E-state index is 0.0880. The van der Waals surface area contributed by atoms with Crippen LogP contribution in [0.25, 0.3) is 0 Å². The maximum Gasteiger partial charge on any atom is 0.220 e. The van der Waals surface area contributed by atoms with Gasteiger partial charge in [0.2, 0.25) is 5.91 Å². The number of aliphatic hydroxyl groups excluding tert-OH is 1. The Bertz CT molecular complexity index is 373. The van der Waals surface area contributed by atoms with Crippen LogP contribution in [0.5, 0.6) is 0 Å². The van der Waals surface area contributed by atoms with Crippen LogP contribution in [0.2, 0.25) is 0 Å². The van der Waals surface area contributed by atoms with Crippen LogP contribution in [0.3, 0.4) is 0 Å². The first-order valence-corrected chi connectivity index (χ1v) is 7.13. The minimum Gasteiger partial charge on any atom is -0.396 e. The Morgan fingerprint density at radius 2 is 1.89 bits per heavy atom. The number of carbonyl (C=O) groups is 1. The van der Waals surface area contributed by atoms with Gasteiger partial charge in [-0.2, -0.15) is 0 Å². The Labute approximate surface area is 116 Å². The van der Waals surface area contributed by atoms with Crippen LogP contribution in [-0.4, -0.2) is 23.7 Å². The van der Waals surface area contributed by atoms with Crippen molar-refractivity contribution in [2.24, 2.45) is 0 Å². The van der Waals surface area contributed by atoms with Gasteiger partial charge in [-0.15, -0.1) is 0 Å². The number of aliphatic hydroxyl groups is 1. The van der Waals surface area contributed by atoms with E-state index in [0.29, 0.717) is 6.42 Å². The highest BCUT2D eigenvalue weighted by atomic mass is 16.2. The summed E-state index contributed by atoms with van der Waals surface area (Å²) in [4.78, 5) is 11.7. The number of hydrogen-bond donors (Lipinski definition) is 2. The largest absolute Gasteiger partial charge is 0.396 e. The molecule has 0 heterocycles. The fourth-order valence-corrected chi connectivity index (χ4v) is 2.02. The highest BCUT2D eigenvalue weighted by Gasteiger charge is 2.07. The molecule has 1 atom stereocenters. The molecular formula is C16H25NO2. The molecule has 0 aliphatic rings. The van der Waals surface area contributed by atoms with Crippen molar-refractivity contribution in [1.29, 1.82) is 0 Å². The van der Waals surface area contributed by atoms with Crippen LogP contribution in [0.4, 0.5) is 0 Å². The summed E-state index contributed by atoms with van der Waals surface area (Å²) < 4.78 is 0. The SMILES string of the molecule is CCc1ccc(CCC(=O)NC(C)CCCO)cc1. The van der Waals surface area contributed by atoms with Crippen LogP contribution < -0.4 is 5.32 Å². The van der Waals surface area contributed by atoms with Gasteiger partial charge in [0.15, 0.2) is 0 Å². The van der Waals surface area contributed by atoms with Gasteiger partial charge in [-0.3, -0.25) is 4.79 Å². The van der Waals surface area contributed by atoms with E-state index in [2.05, 4.69) is 36.5 Å². The first kappa shape index (κ1) is 15.7. The van der Waals surface area contributed by atoms with Gasteiger partial charge in [-0.05, 0) is 43.7 Å². The van der Waals surface area contributed by atoms with Crippen molar-refractivity contribution in [3.8, 4) is 0 Å². The van der Waals surface area contributed by atoms with Crippen molar-refractivity contribution in [3.63, 3.8) is 0 Å². The van der Waals surface area contributed by atoms with E-state index in [1.54, 1.807) is 0 Å². The maximum atomic E-state index is 11.7. The van der Waals surface area contributed by atoms with E-state index >= 15 is 0 Å². The molecule has 0 saturated carbocycles. The number of rotatable bonds is 8. The summed E-state index contributed by atoms with van der Waals surface area (Å²) in [5, 5.41) is 11.7. The van der Waals surface area contributed by atoms with Crippen LogP contribution in [0.15, 0.2) is 24.3 Å². The zero-order valence-electron chi connectivity index (χ0n) is 12.0. The summed E-state index contributed by atoms with van der Waals surface area (Å²) in [6.07, 6.45) is 3.91. The van der Waals surface area contributed by atoms with E-state index in [-0.39, 0.29) is 18.6 Å². The lowest BCUT2D eigenvalue weighted by molar-refractivity contribution is -0.121. The molecule has 1 unspecified atom stereocenters. The Balaban J connectivity index is 2.28. The summed E-state index contributed by atoms with van der Waals surface area (Å²) in [5.74, 6) is 0.0880. The van der Waals surface area contributed by atoms with Crippen molar-refractivity contribution in [3.05, 3.63) is 35.4 Å². The third-order valence-corrected chi connectivity index (χ3v) is 3.27. The van der Waals surface area contributed by atoms with Crippen molar-refractivity contribution >= 4 is 5.91 Å². The van der Waals surface area contributed by atoms with Crippen LogP contribution >= 0.6 is 0 Å². The molecule has 106 valence electrons. The summed E-state index contributed by atoms with van der Waals surface area (Å²) in [6, 6.07) is 8.58. The maximum absolute atomic E-state index is 11.7. The monoisotopic (exact) mass is 263 g/mol. The van der Waals surface area contributed by atoms with E-state index in [1.807, 2.05) is 6.92 Å². The van der Waals surface area contributed by atoms with Crippen LogP contribution in [-0.2, 0) is 17.6 Å². The molecule has 1 rings (SSSR count). The lowest BCUT2D eigenvalue weighted by Crippen LogP contribution is -2.32. The van der Waals surface area contributed by atoms with Crippen molar-refractivity contribution in [1.82, 2.24) is 5.32 Å². The Hall–Kier alpha value is -1.35. The number of carbonyl (C=O) groups excluding carboxylic acids is 1. The highest BCUT2D eigenvalue weighted by Crippen LogP contribution is 2.07. The average molecular weight is 263 g/mol. The molecule has 0 bridgehead atoms. The van der Waals surface area contributed by atoms with Crippen molar-refractivity contribution in [2.75, 3.05) is 6.61 Å². The molecule has 1 aromatic rings. The zero-order valence-corrected chi connectivity index (χ0v) is 12.0. The van der Waals surface area contributed by atoms with E-state index in [9.17, 15) is 4.79 Å². The quantitative estimate of drug-likeness (QED) is 0.757. The molecule has 0 aliphatic heterocycles.